The Hall–Kier alpha value is -2.86. The Morgan fingerprint density at radius 2 is 1.69 bits per heavy atom. The normalized spacial score (nSPS) is 15.2. The molecule has 3 aromatic rings. The topological polar surface area (TPSA) is 49.2 Å². The van der Waals surface area contributed by atoms with E-state index >= 15 is 0 Å². The van der Waals surface area contributed by atoms with E-state index in [0.29, 0.717) is 5.95 Å². The average Bonchev–Trinajstić information content (AvgIpc) is 3.11. The van der Waals surface area contributed by atoms with Crippen molar-refractivity contribution in [3.63, 3.8) is 0 Å². The zero-order chi connectivity index (χ0) is 17.9. The van der Waals surface area contributed by atoms with Crippen molar-refractivity contribution in [1.29, 1.82) is 0 Å². The van der Waals surface area contributed by atoms with Gasteiger partial charge in [-0.15, -0.1) is 5.10 Å². The average molecular weight is 348 g/mol. The molecule has 1 fully saturated rings. The first-order chi connectivity index (χ1) is 12.7. The lowest BCUT2D eigenvalue weighted by Gasteiger charge is -2.34. The lowest BCUT2D eigenvalue weighted by molar-refractivity contribution is 0.313. The van der Waals surface area contributed by atoms with Gasteiger partial charge in [-0.05, 0) is 49.9 Å². The number of nitrogens with zero attached hydrogens (tertiary/aromatic N) is 5. The van der Waals surface area contributed by atoms with Crippen LogP contribution in [-0.2, 0) is 0 Å². The highest BCUT2D eigenvalue weighted by Crippen LogP contribution is 2.25. The Balaban J connectivity index is 1.52. The maximum Gasteiger partial charge on any atom is 0.246 e. The second-order valence-electron chi connectivity index (χ2n) is 6.82. The SMILES string of the molecule is Cc1cc(Nc2ncn(-c3ccccc3)n2)cc(N2CCN(C)CC2)c1. The monoisotopic (exact) mass is 348 g/mol. The Labute approximate surface area is 154 Å². The van der Waals surface area contributed by atoms with E-state index in [1.165, 1.54) is 11.3 Å². The predicted octanol–water partition coefficient (Wildman–Crippen LogP) is 3.07. The third-order valence-electron chi connectivity index (χ3n) is 4.70. The molecule has 0 unspecified atom stereocenters. The summed E-state index contributed by atoms with van der Waals surface area (Å²) in [5.41, 5.74) is 4.50. The zero-order valence-electron chi connectivity index (χ0n) is 15.3. The minimum absolute atomic E-state index is 0.601. The summed E-state index contributed by atoms with van der Waals surface area (Å²) in [5, 5.41) is 7.87. The van der Waals surface area contributed by atoms with Gasteiger partial charge in [-0.25, -0.2) is 4.68 Å². The van der Waals surface area contributed by atoms with E-state index in [-0.39, 0.29) is 0 Å². The molecule has 0 bridgehead atoms. The summed E-state index contributed by atoms with van der Waals surface area (Å²) in [6.07, 6.45) is 1.73. The van der Waals surface area contributed by atoms with Crippen LogP contribution in [0.25, 0.3) is 5.69 Å². The van der Waals surface area contributed by atoms with Crippen molar-refractivity contribution in [2.75, 3.05) is 43.4 Å². The van der Waals surface area contributed by atoms with Gasteiger partial charge in [-0.3, -0.25) is 0 Å². The molecule has 1 aliphatic heterocycles. The highest BCUT2D eigenvalue weighted by atomic mass is 15.4. The predicted molar refractivity (Wildman–Crippen MR) is 106 cm³/mol. The van der Waals surface area contributed by atoms with Crippen molar-refractivity contribution in [2.45, 2.75) is 6.92 Å². The summed E-state index contributed by atoms with van der Waals surface area (Å²) in [4.78, 5) is 9.20. The second-order valence-corrected chi connectivity index (χ2v) is 6.82. The Morgan fingerprint density at radius 3 is 2.46 bits per heavy atom. The Morgan fingerprint density at radius 1 is 0.923 bits per heavy atom. The van der Waals surface area contributed by atoms with Gasteiger partial charge in [0, 0.05) is 37.6 Å². The number of benzene rings is 2. The molecule has 0 radical (unpaired) electrons. The smallest absolute Gasteiger partial charge is 0.246 e. The number of hydrogen-bond acceptors (Lipinski definition) is 5. The van der Waals surface area contributed by atoms with Gasteiger partial charge < -0.3 is 15.1 Å². The number of nitrogens with one attached hydrogen (secondary N) is 1. The summed E-state index contributed by atoms with van der Waals surface area (Å²) >= 11 is 0. The number of anilines is 3. The van der Waals surface area contributed by atoms with Gasteiger partial charge in [0.1, 0.15) is 6.33 Å². The summed E-state index contributed by atoms with van der Waals surface area (Å²) < 4.78 is 1.78. The Kier molecular flexibility index (Phi) is 4.58. The number of para-hydroxylation sites is 1. The summed E-state index contributed by atoms with van der Waals surface area (Å²) in [5.74, 6) is 0.601. The molecule has 1 aromatic heterocycles. The van der Waals surface area contributed by atoms with E-state index in [9.17, 15) is 0 Å². The molecule has 1 aliphatic rings. The number of aromatic nitrogens is 3. The fraction of sp³-hybridized carbons (Fsp3) is 0.300. The molecule has 26 heavy (non-hydrogen) atoms. The van der Waals surface area contributed by atoms with Crippen LogP contribution >= 0.6 is 0 Å². The van der Waals surface area contributed by atoms with E-state index in [4.69, 9.17) is 0 Å². The maximum atomic E-state index is 4.53. The van der Waals surface area contributed by atoms with Crippen molar-refractivity contribution >= 4 is 17.3 Å². The number of aryl methyl sites for hydroxylation is 1. The molecule has 6 heteroatoms. The fourth-order valence-corrected chi connectivity index (χ4v) is 3.24. The first kappa shape index (κ1) is 16.6. The quantitative estimate of drug-likeness (QED) is 0.785. The molecule has 2 aromatic carbocycles. The van der Waals surface area contributed by atoms with E-state index < -0.39 is 0 Å². The standard InChI is InChI=1S/C20H24N6/c1-16-12-17(14-19(13-16)25-10-8-24(2)9-11-25)22-20-21-15-26(23-20)18-6-4-3-5-7-18/h3-7,12-15H,8-11H2,1-2H3,(H,22,23). The van der Waals surface area contributed by atoms with Crippen LogP contribution in [0, 0.1) is 6.92 Å². The van der Waals surface area contributed by atoms with Crippen molar-refractivity contribution in [2.24, 2.45) is 0 Å². The van der Waals surface area contributed by atoms with Crippen molar-refractivity contribution in [1.82, 2.24) is 19.7 Å². The molecule has 0 saturated carbocycles. The van der Waals surface area contributed by atoms with Crippen LogP contribution in [0.15, 0.2) is 54.9 Å². The highest BCUT2D eigenvalue weighted by Gasteiger charge is 2.15. The van der Waals surface area contributed by atoms with E-state index in [1.807, 2.05) is 30.3 Å². The van der Waals surface area contributed by atoms with Crippen molar-refractivity contribution in [3.05, 3.63) is 60.4 Å². The third kappa shape index (κ3) is 3.70. The van der Waals surface area contributed by atoms with Gasteiger partial charge in [0.15, 0.2) is 0 Å². The number of rotatable bonds is 4. The molecule has 0 aliphatic carbocycles. The van der Waals surface area contributed by atoms with Gasteiger partial charge in [0.25, 0.3) is 0 Å². The molecule has 0 spiro atoms. The molecule has 0 atom stereocenters. The summed E-state index contributed by atoms with van der Waals surface area (Å²) in [6, 6.07) is 16.6. The lowest BCUT2D eigenvalue weighted by atomic mass is 10.1. The van der Waals surface area contributed by atoms with Crippen molar-refractivity contribution in [3.8, 4) is 5.69 Å². The third-order valence-corrected chi connectivity index (χ3v) is 4.70. The van der Waals surface area contributed by atoms with Gasteiger partial charge in [-0.2, -0.15) is 4.98 Å². The second kappa shape index (κ2) is 7.17. The van der Waals surface area contributed by atoms with E-state index in [2.05, 4.69) is 57.4 Å². The molecule has 1 saturated heterocycles. The lowest BCUT2D eigenvalue weighted by Crippen LogP contribution is -2.44. The van der Waals surface area contributed by atoms with Crippen LogP contribution in [0.4, 0.5) is 17.3 Å². The van der Waals surface area contributed by atoms with Crippen LogP contribution < -0.4 is 10.2 Å². The Bertz CT molecular complexity index is 865. The summed E-state index contributed by atoms with van der Waals surface area (Å²) in [7, 11) is 2.18. The molecular formula is C20H24N6. The van der Waals surface area contributed by atoms with Gasteiger partial charge >= 0.3 is 0 Å². The maximum absolute atomic E-state index is 4.53. The van der Waals surface area contributed by atoms with Gasteiger partial charge in [0.2, 0.25) is 5.95 Å². The number of hydrogen-bond donors (Lipinski definition) is 1. The van der Waals surface area contributed by atoms with Gasteiger partial charge in [0.05, 0.1) is 5.69 Å². The number of likely N-dealkylation sites (N-methyl/N-ethyl adjacent to an activating group) is 1. The van der Waals surface area contributed by atoms with Crippen LogP contribution in [0.5, 0.6) is 0 Å². The van der Waals surface area contributed by atoms with Crippen LogP contribution in [0.1, 0.15) is 5.56 Å². The van der Waals surface area contributed by atoms with Crippen molar-refractivity contribution < 1.29 is 0 Å². The fourth-order valence-electron chi connectivity index (χ4n) is 3.24. The molecule has 134 valence electrons. The van der Waals surface area contributed by atoms with Crippen LogP contribution in [0.3, 0.4) is 0 Å². The van der Waals surface area contributed by atoms with Crippen LogP contribution in [0.2, 0.25) is 0 Å². The molecule has 6 nitrogen and oxygen atoms in total. The molecule has 2 heterocycles. The van der Waals surface area contributed by atoms with Gasteiger partial charge in [-0.1, -0.05) is 18.2 Å². The molecular weight excluding hydrogens is 324 g/mol. The molecule has 1 N–H and O–H groups in total. The zero-order valence-corrected chi connectivity index (χ0v) is 15.3. The summed E-state index contributed by atoms with van der Waals surface area (Å²) in [6.45, 7) is 6.43. The number of piperazine rings is 1. The van der Waals surface area contributed by atoms with Crippen LogP contribution in [-0.4, -0.2) is 52.9 Å². The van der Waals surface area contributed by atoms with E-state index in [1.54, 1.807) is 11.0 Å². The van der Waals surface area contributed by atoms with E-state index in [0.717, 1.165) is 37.6 Å². The molecule has 4 rings (SSSR count). The minimum atomic E-state index is 0.601. The molecule has 0 amide bonds. The first-order valence-electron chi connectivity index (χ1n) is 8.97. The highest BCUT2D eigenvalue weighted by molar-refractivity contribution is 5.64. The minimum Gasteiger partial charge on any atom is -0.369 e. The largest absolute Gasteiger partial charge is 0.369 e. The first-order valence-corrected chi connectivity index (χ1v) is 8.97.